The number of alkyl carbamates (subject to hydrolysis) is 1. The van der Waals surface area contributed by atoms with Gasteiger partial charge in [-0.1, -0.05) is 33.6 Å². The summed E-state index contributed by atoms with van der Waals surface area (Å²) in [5.74, 6) is 0. The molecule has 0 radical (unpaired) electrons. The number of carbonyl (C=O) groups is 1. The van der Waals surface area contributed by atoms with Crippen LogP contribution >= 0.6 is 27.5 Å². The van der Waals surface area contributed by atoms with Gasteiger partial charge in [0.15, 0.2) is 0 Å². The molecule has 0 fully saturated rings. The second-order valence-corrected chi connectivity index (χ2v) is 6.36. The molecule has 0 aliphatic carbocycles. The van der Waals surface area contributed by atoms with Gasteiger partial charge in [0.05, 0.1) is 6.04 Å². The van der Waals surface area contributed by atoms with Gasteiger partial charge in [0.2, 0.25) is 0 Å². The second kappa shape index (κ2) is 5.93. The van der Waals surface area contributed by atoms with E-state index in [4.69, 9.17) is 16.3 Å². The topological polar surface area (TPSA) is 38.3 Å². The van der Waals surface area contributed by atoms with Crippen LogP contribution in [-0.4, -0.2) is 11.7 Å². The molecule has 0 saturated carbocycles. The molecule has 1 atom stereocenters. The number of ether oxygens (including phenoxy) is 1. The number of hydrogen-bond donors (Lipinski definition) is 1. The van der Waals surface area contributed by atoms with E-state index >= 15 is 0 Å². The molecular weight excluding hydrogens is 318 g/mol. The molecule has 100 valence electrons. The summed E-state index contributed by atoms with van der Waals surface area (Å²) in [6.07, 6.45) is -0.450. The van der Waals surface area contributed by atoms with Crippen LogP contribution in [0.2, 0.25) is 5.02 Å². The van der Waals surface area contributed by atoms with Crippen LogP contribution in [0.25, 0.3) is 0 Å². The molecule has 1 aromatic carbocycles. The average molecular weight is 335 g/mol. The maximum atomic E-state index is 11.6. The third kappa shape index (κ3) is 4.86. The molecule has 1 amide bonds. The van der Waals surface area contributed by atoms with E-state index in [1.54, 1.807) is 6.07 Å². The molecule has 18 heavy (non-hydrogen) atoms. The Morgan fingerprint density at radius 3 is 2.56 bits per heavy atom. The zero-order valence-corrected chi connectivity index (χ0v) is 13.2. The van der Waals surface area contributed by atoms with E-state index in [0.717, 1.165) is 10.0 Å². The number of amides is 1. The molecule has 5 heteroatoms. The SMILES string of the molecule is C[C@@H](NC(=O)OC(C)(C)C)c1ccc(Br)cc1Cl. The van der Waals surface area contributed by atoms with Crippen LogP contribution in [-0.2, 0) is 4.74 Å². The van der Waals surface area contributed by atoms with Crippen molar-refractivity contribution in [2.75, 3.05) is 0 Å². The summed E-state index contributed by atoms with van der Waals surface area (Å²) in [5, 5.41) is 3.36. The first-order chi connectivity index (χ1) is 8.19. The van der Waals surface area contributed by atoms with E-state index in [9.17, 15) is 4.79 Å². The number of halogens is 2. The molecule has 0 aliphatic heterocycles. The zero-order chi connectivity index (χ0) is 13.9. The van der Waals surface area contributed by atoms with Crippen LogP contribution in [0.4, 0.5) is 4.79 Å². The number of hydrogen-bond acceptors (Lipinski definition) is 2. The first-order valence-electron chi connectivity index (χ1n) is 5.63. The Hall–Kier alpha value is -0.740. The predicted octanol–water partition coefficient (Wildman–Crippen LogP) is 4.69. The average Bonchev–Trinajstić information content (AvgIpc) is 2.13. The molecule has 0 saturated heterocycles. The molecule has 0 unspecified atom stereocenters. The number of benzene rings is 1. The molecule has 1 rings (SSSR count). The lowest BCUT2D eigenvalue weighted by molar-refractivity contribution is 0.0508. The van der Waals surface area contributed by atoms with Gasteiger partial charge < -0.3 is 10.1 Å². The fourth-order valence-corrected chi connectivity index (χ4v) is 2.25. The second-order valence-electron chi connectivity index (χ2n) is 5.03. The smallest absolute Gasteiger partial charge is 0.408 e. The summed E-state index contributed by atoms with van der Waals surface area (Å²) in [5.41, 5.74) is 0.346. The quantitative estimate of drug-likeness (QED) is 0.852. The molecule has 1 aromatic rings. The van der Waals surface area contributed by atoms with E-state index in [1.165, 1.54) is 0 Å². The molecular formula is C13H17BrClNO2. The maximum Gasteiger partial charge on any atom is 0.408 e. The van der Waals surface area contributed by atoms with Crippen LogP contribution in [0, 0.1) is 0 Å². The van der Waals surface area contributed by atoms with Gasteiger partial charge in [-0.05, 0) is 45.4 Å². The fraction of sp³-hybridized carbons (Fsp3) is 0.462. The lowest BCUT2D eigenvalue weighted by Gasteiger charge is -2.22. The number of nitrogens with one attached hydrogen (secondary N) is 1. The van der Waals surface area contributed by atoms with Crippen molar-refractivity contribution < 1.29 is 9.53 Å². The summed E-state index contributed by atoms with van der Waals surface area (Å²) in [7, 11) is 0. The minimum Gasteiger partial charge on any atom is -0.444 e. The third-order valence-electron chi connectivity index (χ3n) is 2.16. The Balaban J connectivity index is 2.71. The van der Waals surface area contributed by atoms with Crippen LogP contribution in [0.3, 0.4) is 0 Å². The van der Waals surface area contributed by atoms with Crippen molar-refractivity contribution in [2.45, 2.75) is 39.3 Å². The summed E-state index contributed by atoms with van der Waals surface area (Å²) in [6, 6.07) is 5.34. The van der Waals surface area contributed by atoms with Crippen LogP contribution in [0.15, 0.2) is 22.7 Å². The molecule has 1 N–H and O–H groups in total. The van der Waals surface area contributed by atoms with Crippen molar-refractivity contribution >= 4 is 33.6 Å². The van der Waals surface area contributed by atoms with E-state index < -0.39 is 11.7 Å². The lowest BCUT2D eigenvalue weighted by atomic mass is 10.1. The third-order valence-corrected chi connectivity index (χ3v) is 2.98. The Morgan fingerprint density at radius 1 is 1.44 bits per heavy atom. The highest BCUT2D eigenvalue weighted by molar-refractivity contribution is 9.10. The molecule has 0 bridgehead atoms. The van der Waals surface area contributed by atoms with Crippen molar-refractivity contribution in [3.05, 3.63) is 33.3 Å². The van der Waals surface area contributed by atoms with Crippen molar-refractivity contribution in [1.29, 1.82) is 0 Å². The van der Waals surface area contributed by atoms with Crippen molar-refractivity contribution in [3.63, 3.8) is 0 Å². The predicted molar refractivity (Wildman–Crippen MR) is 76.9 cm³/mol. The summed E-state index contributed by atoms with van der Waals surface area (Å²) in [6.45, 7) is 7.33. The van der Waals surface area contributed by atoms with Crippen molar-refractivity contribution in [1.82, 2.24) is 5.32 Å². The Bertz CT molecular complexity index is 443. The monoisotopic (exact) mass is 333 g/mol. The molecule has 3 nitrogen and oxygen atoms in total. The maximum absolute atomic E-state index is 11.6. The van der Waals surface area contributed by atoms with Crippen LogP contribution in [0.1, 0.15) is 39.3 Å². The number of carbonyl (C=O) groups excluding carboxylic acids is 1. The highest BCUT2D eigenvalue weighted by Crippen LogP contribution is 2.26. The normalized spacial score (nSPS) is 13.0. The van der Waals surface area contributed by atoms with Gasteiger partial charge in [-0.3, -0.25) is 0 Å². The first kappa shape index (κ1) is 15.3. The summed E-state index contributed by atoms with van der Waals surface area (Å²) in [4.78, 5) is 11.6. The van der Waals surface area contributed by atoms with Gasteiger partial charge in [0, 0.05) is 9.50 Å². The van der Waals surface area contributed by atoms with Gasteiger partial charge in [-0.15, -0.1) is 0 Å². The van der Waals surface area contributed by atoms with E-state index in [-0.39, 0.29) is 6.04 Å². The van der Waals surface area contributed by atoms with Crippen LogP contribution in [0.5, 0.6) is 0 Å². The highest BCUT2D eigenvalue weighted by atomic mass is 79.9. The minimum absolute atomic E-state index is 0.208. The first-order valence-corrected chi connectivity index (χ1v) is 6.80. The molecule has 0 aromatic heterocycles. The molecule has 0 spiro atoms. The minimum atomic E-state index is -0.507. The van der Waals surface area contributed by atoms with Gasteiger partial charge in [-0.25, -0.2) is 4.79 Å². The van der Waals surface area contributed by atoms with Gasteiger partial charge in [-0.2, -0.15) is 0 Å². The fourth-order valence-electron chi connectivity index (χ4n) is 1.41. The van der Waals surface area contributed by atoms with Gasteiger partial charge >= 0.3 is 6.09 Å². The Morgan fingerprint density at radius 2 is 2.06 bits per heavy atom. The standard InChI is InChI=1S/C13H17BrClNO2/c1-8(16-12(17)18-13(2,3)4)10-6-5-9(14)7-11(10)15/h5-8H,1-4H3,(H,16,17)/t8-/m1/s1. The Kier molecular flexibility index (Phi) is 5.05. The summed E-state index contributed by atoms with van der Waals surface area (Å²) >= 11 is 9.46. The molecule has 0 heterocycles. The van der Waals surface area contributed by atoms with E-state index in [0.29, 0.717) is 5.02 Å². The van der Waals surface area contributed by atoms with Gasteiger partial charge in [0.25, 0.3) is 0 Å². The lowest BCUT2D eigenvalue weighted by Crippen LogP contribution is -2.34. The Labute approximate surface area is 121 Å². The van der Waals surface area contributed by atoms with E-state index in [2.05, 4.69) is 21.2 Å². The van der Waals surface area contributed by atoms with Crippen molar-refractivity contribution in [2.24, 2.45) is 0 Å². The summed E-state index contributed by atoms with van der Waals surface area (Å²) < 4.78 is 6.09. The van der Waals surface area contributed by atoms with Crippen LogP contribution < -0.4 is 5.32 Å². The largest absolute Gasteiger partial charge is 0.444 e. The zero-order valence-electron chi connectivity index (χ0n) is 10.9. The van der Waals surface area contributed by atoms with Gasteiger partial charge in [0.1, 0.15) is 5.60 Å². The molecule has 0 aliphatic rings. The van der Waals surface area contributed by atoms with E-state index in [1.807, 2.05) is 39.8 Å². The number of rotatable bonds is 2. The highest BCUT2D eigenvalue weighted by Gasteiger charge is 2.19. The van der Waals surface area contributed by atoms with Crippen molar-refractivity contribution in [3.8, 4) is 0 Å².